The van der Waals surface area contributed by atoms with Crippen molar-refractivity contribution >= 4 is 27.1 Å². The zero-order valence-corrected chi connectivity index (χ0v) is 15.1. The van der Waals surface area contributed by atoms with Gasteiger partial charge in [0, 0.05) is 35.1 Å². The van der Waals surface area contributed by atoms with Crippen LogP contribution < -0.4 is 14.8 Å². The van der Waals surface area contributed by atoms with Crippen molar-refractivity contribution in [3.05, 3.63) is 58.6 Å². The van der Waals surface area contributed by atoms with Gasteiger partial charge in [-0.2, -0.15) is 5.26 Å². The summed E-state index contributed by atoms with van der Waals surface area (Å²) in [6.07, 6.45) is 1.12. The summed E-state index contributed by atoms with van der Waals surface area (Å²) >= 11 is 5.76. The second-order valence-electron chi connectivity index (χ2n) is 4.82. The van der Waals surface area contributed by atoms with Gasteiger partial charge in [0.05, 0.1) is 19.1 Å². The van der Waals surface area contributed by atoms with Crippen molar-refractivity contribution in [3.63, 3.8) is 0 Å². The standard InChI is InChI=1S/C17H15ClN2O4S/c1-23-14-7-13(8-15(9-14)24-2)20-11-17(10-19)25(21,22)16-5-3-12(18)4-6-16/h3-9,11,20H,1-2H3. The van der Waals surface area contributed by atoms with Gasteiger partial charge in [-0.05, 0) is 24.3 Å². The van der Waals surface area contributed by atoms with Gasteiger partial charge in [-0.25, -0.2) is 8.42 Å². The molecule has 1 N–H and O–H groups in total. The Balaban J connectivity index is 2.35. The minimum atomic E-state index is -3.95. The first-order chi connectivity index (χ1) is 11.9. The number of nitrogens with zero attached hydrogens (tertiary/aromatic N) is 1. The number of allylic oxidation sites excluding steroid dienone is 1. The first kappa shape index (κ1) is 18.6. The predicted octanol–water partition coefficient (Wildman–Crippen LogP) is 3.61. The van der Waals surface area contributed by atoms with Crippen molar-refractivity contribution in [1.29, 1.82) is 5.26 Å². The van der Waals surface area contributed by atoms with Crippen LogP contribution in [0.25, 0.3) is 0 Å². The third-order valence-corrected chi connectivity index (χ3v) is 5.18. The summed E-state index contributed by atoms with van der Waals surface area (Å²) in [5, 5.41) is 12.4. The van der Waals surface area contributed by atoms with Crippen molar-refractivity contribution < 1.29 is 17.9 Å². The second kappa shape index (κ2) is 7.92. The molecular weight excluding hydrogens is 364 g/mol. The second-order valence-corrected chi connectivity index (χ2v) is 7.18. The minimum Gasteiger partial charge on any atom is -0.497 e. The maximum Gasteiger partial charge on any atom is 0.218 e. The lowest BCUT2D eigenvalue weighted by molar-refractivity contribution is 0.395. The SMILES string of the molecule is COc1cc(NC=C(C#N)S(=O)(=O)c2ccc(Cl)cc2)cc(OC)c1. The molecule has 0 atom stereocenters. The number of nitrogens with one attached hydrogen (secondary N) is 1. The lowest BCUT2D eigenvalue weighted by atomic mass is 10.3. The maximum atomic E-state index is 12.5. The number of hydrogen-bond donors (Lipinski definition) is 1. The zero-order valence-electron chi connectivity index (χ0n) is 13.5. The molecule has 0 aliphatic rings. The molecule has 0 aliphatic heterocycles. The van der Waals surface area contributed by atoms with Crippen LogP contribution in [0.15, 0.2) is 58.5 Å². The van der Waals surface area contributed by atoms with Gasteiger partial charge in [0.1, 0.15) is 17.6 Å². The fourth-order valence-corrected chi connectivity index (χ4v) is 3.16. The van der Waals surface area contributed by atoms with Crippen LogP contribution in [0.1, 0.15) is 0 Å². The highest BCUT2D eigenvalue weighted by atomic mass is 35.5. The Labute approximate surface area is 151 Å². The number of benzene rings is 2. The smallest absolute Gasteiger partial charge is 0.218 e. The monoisotopic (exact) mass is 378 g/mol. The fraction of sp³-hybridized carbons (Fsp3) is 0.118. The molecule has 0 heterocycles. The van der Waals surface area contributed by atoms with Crippen molar-refractivity contribution in [1.82, 2.24) is 0 Å². The molecule has 0 aliphatic carbocycles. The zero-order chi connectivity index (χ0) is 18.4. The normalized spacial score (nSPS) is 11.5. The van der Waals surface area contributed by atoms with Crippen molar-refractivity contribution in [2.75, 3.05) is 19.5 Å². The van der Waals surface area contributed by atoms with Crippen LogP contribution in [-0.2, 0) is 9.84 Å². The lowest BCUT2D eigenvalue weighted by Gasteiger charge is -2.09. The van der Waals surface area contributed by atoms with Crippen LogP contribution in [0.3, 0.4) is 0 Å². The third kappa shape index (κ3) is 4.44. The van der Waals surface area contributed by atoms with Crippen LogP contribution in [0, 0.1) is 11.3 Å². The molecule has 2 aromatic carbocycles. The average Bonchev–Trinajstić information content (AvgIpc) is 2.62. The Morgan fingerprint density at radius 1 is 1.12 bits per heavy atom. The van der Waals surface area contributed by atoms with E-state index < -0.39 is 14.7 Å². The molecule has 0 fully saturated rings. The molecule has 2 aromatic rings. The minimum absolute atomic E-state index is 0.0188. The molecule has 130 valence electrons. The largest absolute Gasteiger partial charge is 0.497 e. The van der Waals surface area contributed by atoms with E-state index >= 15 is 0 Å². The quantitative estimate of drug-likeness (QED) is 0.772. The van der Waals surface area contributed by atoms with Crippen molar-refractivity contribution in [3.8, 4) is 17.6 Å². The molecule has 0 saturated heterocycles. The van der Waals surface area contributed by atoms with E-state index in [4.69, 9.17) is 21.1 Å². The van der Waals surface area contributed by atoms with Crippen LogP contribution in [-0.4, -0.2) is 22.6 Å². The number of ether oxygens (including phenoxy) is 2. The molecule has 0 aromatic heterocycles. The molecule has 2 rings (SSSR count). The third-order valence-electron chi connectivity index (χ3n) is 3.25. The number of methoxy groups -OCH3 is 2. The molecular formula is C17H15ClN2O4S. The Bertz CT molecular complexity index is 910. The predicted molar refractivity (Wildman–Crippen MR) is 95.5 cm³/mol. The number of anilines is 1. The van der Waals surface area contributed by atoms with Gasteiger partial charge >= 0.3 is 0 Å². The number of sulfone groups is 1. The van der Waals surface area contributed by atoms with E-state index in [1.807, 2.05) is 0 Å². The lowest BCUT2D eigenvalue weighted by Crippen LogP contribution is -2.05. The molecule has 0 amide bonds. The summed E-state index contributed by atoms with van der Waals surface area (Å²) in [5.74, 6) is 1.05. The topological polar surface area (TPSA) is 88.4 Å². The Hall–Kier alpha value is -2.69. The van der Waals surface area contributed by atoms with Crippen molar-refractivity contribution in [2.24, 2.45) is 0 Å². The molecule has 0 saturated carbocycles. The van der Waals surface area contributed by atoms with E-state index in [1.54, 1.807) is 24.3 Å². The van der Waals surface area contributed by atoms with E-state index in [2.05, 4.69) is 5.32 Å². The molecule has 25 heavy (non-hydrogen) atoms. The van der Waals surface area contributed by atoms with Gasteiger partial charge in [-0.3, -0.25) is 0 Å². The maximum absolute atomic E-state index is 12.5. The summed E-state index contributed by atoms with van der Waals surface area (Å²) in [7, 11) is -0.953. The van der Waals surface area contributed by atoms with Gasteiger partial charge in [-0.15, -0.1) is 0 Å². The Morgan fingerprint density at radius 2 is 1.68 bits per heavy atom. The summed E-state index contributed by atoms with van der Waals surface area (Å²) < 4.78 is 35.3. The van der Waals surface area contributed by atoms with E-state index in [1.165, 1.54) is 38.5 Å². The van der Waals surface area contributed by atoms with Gasteiger partial charge in [0.2, 0.25) is 9.84 Å². The summed E-state index contributed by atoms with van der Waals surface area (Å²) in [5.41, 5.74) is 0.509. The average molecular weight is 379 g/mol. The number of nitriles is 1. The number of rotatable bonds is 6. The van der Waals surface area contributed by atoms with Crippen LogP contribution >= 0.6 is 11.6 Å². The Kier molecular flexibility index (Phi) is 5.91. The highest BCUT2D eigenvalue weighted by Gasteiger charge is 2.20. The number of halogens is 1. The molecule has 6 nitrogen and oxygen atoms in total. The molecule has 0 unspecified atom stereocenters. The van der Waals surface area contributed by atoms with E-state index in [-0.39, 0.29) is 4.90 Å². The molecule has 0 bridgehead atoms. The number of hydrogen-bond acceptors (Lipinski definition) is 6. The van der Waals surface area contributed by atoms with E-state index in [0.29, 0.717) is 22.2 Å². The van der Waals surface area contributed by atoms with E-state index in [0.717, 1.165) is 6.20 Å². The molecule has 0 radical (unpaired) electrons. The summed E-state index contributed by atoms with van der Waals surface area (Å²) in [6, 6.07) is 12.2. The first-order valence-electron chi connectivity index (χ1n) is 7.01. The fourth-order valence-electron chi connectivity index (χ4n) is 1.95. The van der Waals surface area contributed by atoms with Crippen LogP contribution in [0.5, 0.6) is 11.5 Å². The van der Waals surface area contributed by atoms with Gasteiger partial charge in [0.25, 0.3) is 0 Å². The van der Waals surface area contributed by atoms with E-state index in [9.17, 15) is 13.7 Å². The molecule has 8 heteroatoms. The van der Waals surface area contributed by atoms with Gasteiger partial charge in [0.15, 0.2) is 4.91 Å². The highest BCUT2D eigenvalue weighted by molar-refractivity contribution is 7.95. The Morgan fingerprint density at radius 3 is 2.16 bits per heavy atom. The summed E-state index contributed by atoms with van der Waals surface area (Å²) in [4.78, 5) is -0.452. The molecule has 0 spiro atoms. The van der Waals surface area contributed by atoms with Gasteiger partial charge < -0.3 is 14.8 Å². The highest BCUT2D eigenvalue weighted by Crippen LogP contribution is 2.26. The van der Waals surface area contributed by atoms with Crippen LogP contribution in [0.2, 0.25) is 5.02 Å². The van der Waals surface area contributed by atoms with Crippen molar-refractivity contribution in [2.45, 2.75) is 4.90 Å². The van der Waals surface area contributed by atoms with Crippen LogP contribution in [0.4, 0.5) is 5.69 Å². The van der Waals surface area contributed by atoms with Gasteiger partial charge in [-0.1, -0.05) is 11.6 Å². The first-order valence-corrected chi connectivity index (χ1v) is 8.87. The summed E-state index contributed by atoms with van der Waals surface area (Å²) in [6.45, 7) is 0.